The van der Waals surface area contributed by atoms with Gasteiger partial charge in [-0.25, -0.2) is 4.98 Å². The lowest BCUT2D eigenvalue weighted by Gasteiger charge is -2.11. The van der Waals surface area contributed by atoms with E-state index in [9.17, 15) is 4.79 Å². The maximum absolute atomic E-state index is 12.1. The summed E-state index contributed by atoms with van der Waals surface area (Å²) < 4.78 is 0. The molecule has 3 nitrogen and oxygen atoms in total. The van der Waals surface area contributed by atoms with Crippen LogP contribution in [-0.2, 0) is 0 Å². The van der Waals surface area contributed by atoms with E-state index in [0.717, 1.165) is 23.7 Å². The van der Waals surface area contributed by atoms with Gasteiger partial charge in [0, 0.05) is 16.5 Å². The van der Waals surface area contributed by atoms with Gasteiger partial charge in [0.2, 0.25) is 0 Å². The van der Waals surface area contributed by atoms with Crippen LogP contribution >= 0.6 is 11.6 Å². The smallest absolute Gasteiger partial charge is 0.270 e. The van der Waals surface area contributed by atoms with Crippen molar-refractivity contribution in [2.24, 2.45) is 0 Å². The Morgan fingerprint density at radius 1 is 1.21 bits per heavy atom. The molecule has 1 N–H and O–H groups in total. The highest BCUT2D eigenvalue weighted by Crippen LogP contribution is 2.20. The second-order valence-corrected chi connectivity index (χ2v) is 5.42. The Labute approximate surface area is 117 Å². The van der Waals surface area contributed by atoms with Gasteiger partial charge in [-0.15, -0.1) is 0 Å². The summed E-state index contributed by atoms with van der Waals surface area (Å²) in [4.78, 5) is 16.5. The van der Waals surface area contributed by atoms with E-state index in [2.05, 4.69) is 10.3 Å². The third-order valence-electron chi connectivity index (χ3n) is 3.58. The van der Waals surface area contributed by atoms with Gasteiger partial charge in [-0.3, -0.25) is 4.79 Å². The molecule has 1 amide bonds. The number of carbonyl (C=O) groups excluding carboxylic acids is 1. The van der Waals surface area contributed by atoms with Gasteiger partial charge in [0.25, 0.3) is 5.91 Å². The van der Waals surface area contributed by atoms with Crippen molar-refractivity contribution < 1.29 is 4.79 Å². The van der Waals surface area contributed by atoms with E-state index in [0.29, 0.717) is 16.8 Å². The van der Waals surface area contributed by atoms with Gasteiger partial charge in [-0.05, 0) is 31.0 Å². The molecule has 1 aliphatic rings. The Balaban J connectivity index is 1.85. The minimum Gasteiger partial charge on any atom is -0.348 e. The van der Waals surface area contributed by atoms with Crippen molar-refractivity contribution >= 4 is 28.4 Å². The van der Waals surface area contributed by atoms with E-state index < -0.39 is 0 Å². The number of pyridine rings is 1. The van der Waals surface area contributed by atoms with Crippen LogP contribution in [0.2, 0.25) is 5.02 Å². The maximum atomic E-state index is 12.1. The van der Waals surface area contributed by atoms with Crippen molar-refractivity contribution in [3.05, 3.63) is 41.0 Å². The van der Waals surface area contributed by atoms with Gasteiger partial charge < -0.3 is 5.32 Å². The monoisotopic (exact) mass is 274 g/mol. The van der Waals surface area contributed by atoms with E-state index >= 15 is 0 Å². The molecule has 4 heteroatoms. The second-order valence-electron chi connectivity index (χ2n) is 4.99. The summed E-state index contributed by atoms with van der Waals surface area (Å²) in [7, 11) is 0. The van der Waals surface area contributed by atoms with Gasteiger partial charge in [0.05, 0.1) is 5.52 Å². The average molecular weight is 275 g/mol. The average Bonchev–Trinajstić information content (AvgIpc) is 2.90. The summed E-state index contributed by atoms with van der Waals surface area (Å²) in [5.41, 5.74) is 1.22. The lowest BCUT2D eigenvalue weighted by Crippen LogP contribution is -2.33. The molecule has 1 aromatic heterocycles. The topological polar surface area (TPSA) is 42.0 Å². The molecule has 0 atom stereocenters. The van der Waals surface area contributed by atoms with Gasteiger partial charge >= 0.3 is 0 Å². The molecule has 0 aliphatic heterocycles. The number of nitrogens with one attached hydrogen (secondary N) is 1. The molecule has 3 rings (SSSR count). The highest BCUT2D eigenvalue weighted by Gasteiger charge is 2.18. The standard InChI is InChI=1S/C15H15ClN2O/c16-11-7-5-10-6-8-13(18-14(10)9-11)15(19)17-12-3-1-2-4-12/h5-9,12H,1-4H2,(H,17,19). The Bertz CT molecular complexity index is 621. The van der Waals surface area contributed by atoms with E-state index in [-0.39, 0.29) is 5.91 Å². The molecule has 1 heterocycles. The van der Waals surface area contributed by atoms with Crippen molar-refractivity contribution in [1.29, 1.82) is 0 Å². The van der Waals surface area contributed by atoms with Crippen molar-refractivity contribution in [2.45, 2.75) is 31.7 Å². The van der Waals surface area contributed by atoms with Crippen molar-refractivity contribution in [2.75, 3.05) is 0 Å². The number of halogens is 1. The molecule has 0 bridgehead atoms. The largest absolute Gasteiger partial charge is 0.348 e. The number of hydrogen-bond acceptors (Lipinski definition) is 2. The number of amides is 1. The van der Waals surface area contributed by atoms with Crippen LogP contribution in [0.15, 0.2) is 30.3 Å². The molecule has 0 unspecified atom stereocenters. The zero-order valence-electron chi connectivity index (χ0n) is 10.5. The Kier molecular flexibility index (Phi) is 3.38. The molecule has 1 saturated carbocycles. The van der Waals surface area contributed by atoms with Gasteiger partial charge in [-0.1, -0.05) is 36.6 Å². The van der Waals surface area contributed by atoms with Gasteiger partial charge in [-0.2, -0.15) is 0 Å². The number of benzene rings is 1. The molecule has 1 aliphatic carbocycles. The van der Waals surface area contributed by atoms with Crippen LogP contribution in [0, 0.1) is 0 Å². The fourth-order valence-corrected chi connectivity index (χ4v) is 2.71. The minimum absolute atomic E-state index is 0.0891. The van der Waals surface area contributed by atoms with Crippen LogP contribution in [-0.4, -0.2) is 16.9 Å². The molecule has 1 fully saturated rings. The molecular formula is C15H15ClN2O. The Hall–Kier alpha value is -1.61. The third-order valence-corrected chi connectivity index (χ3v) is 3.81. The number of nitrogens with zero attached hydrogens (tertiary/aromatic N) is 1. The summed E-state index contributed by atoms with van der Waals surface area (Å²) >= 11 is 5.95. The van der Waals surface area contributed by atoms with Crippen LogP contribution < -0.4 is 5.32 Å². The summed E-state index contributed by atoms with van der Waals surface area (Å²) in [6, 6.07) is 9.49. The number of hydrogen-bond donors (Lipinski definition) is 1. The summed E-state index contributed by atoms with van der Waals surface area (Å²) in [5.74, 6) is -0.0891. The molecule has 0 saturated heterocycles. The Morgan fingerprint density at radius 2 is 1.95 bits per heavy atom. The van der Waals surface area contributed by atoms with Crippen molar-refractivity contribution in [3.63, 3.8) is 0 Å². The first-order valence-corrected chi connectivity index (χ1v) is 6.97. The number of fused-ring (bicyclic) bond motifs is 1. The summed E-state index contributed by atoms with van der Waals surface area (Å²) in [5, 5.41) is 4.66. The molecule has 19 heavy (non-hydrogen) atoms. The highest BCUT2D eigenvalue weighted by molar-refractivity contribution is 6.31. The van der Waals surface area contributed by atoms with Gasteiger partial charge in [0.15, 0.2) is 0 Å². The summed E-state index contributed by atoms with van der Waals surface area (Å²) in [6.45, 7) is 0. The fourth-order valence-electron chi connectivity index (χ4n) is 2.55. The van der Waals surface area contributed by atoms with Crippen LogP contribution in [0.1, 0.15) is 36.2 Å². The molecule has 0 radical (unpaired) electrons. The Morgan fingerprint density at radius 3 is 2.74 bits per heavy atom. The second kappa shape index (κ2) is 5.17. The molecule has 1 aromatic carbocycles. The number of aromatic nitrogens is 1. The molecule has 0 spiro atoms. The lowest BCUT2D eigenvalue weighted by atomic mass is 10.2. The molecule has 98 valence electrons. The van der Waals surface area contributed by atoms with E-state index in [1.807, 2.05) is 18.2 Å². The van der Waals surface area contributed by atoms with Crippen LogP contribution in [0.25, 0.3) is 10.9 Å². The van der Waals surface area contributed by atoms with Crippen LogP contribution in [0.5, 0.6) is 0 Å². The first-order chi connectivity index (χ1) is 9.22. The minimum atomic E-state index is -0.0891. The zero-order chi connectivity index (χ0) is 13.2. The summed E-state index contributed by atoms with van der Waals surface area (Å²) in [6.07, 6.45) is 4.55. The molecule has 2 aromatic rings. The lowest BCUT2D eigenvalue weighted by molar-refractivity contribution is 0.0933. The van der Waals surface area contributed by atoms with Crippen molar-refractivity contribution in [1.82, 2.24) is 10.3 Å². The van der Waals surface area contributed by atoms with E-state index in [1.165, 1.54) is 12.8 Å². The van der Waals surface area contributed by atoms with Crippen LogP contribution in [0.4, 0.5) is 0 Å². The van der Waals surface area contributed by atoms with E-state index in [4.69, 9.17) is 11.6 Å². The zero-order valence-corrected chi connectivity index (χ0v) is 11.3. The van der Waals surface area contributed by atoms with Gasteiger partial charge in [0.1, 0.15) is 5.69 Å². The first-order valence-electron chi connectivity index (χ1n) is 6.59. The van der Waals surface area contributed by atoms with Crippen molar-refractivity contribution in [3.8, 4) is 0 Å². The predicted octanol–water partition coefficient (Wildman–Crippen LogP) is 3.56. The van der Waals surface area contributed by atoms with Crippen LogP contribution in [0.3, 0.4) is 0 Å². The first kappa shape index (κ1) is 12.4. The predicted molar refractivity (Wildman–Crippen MR) is 76.5 cm³/mol. The fraction of sp³-hybridized carbons (Fsp3) is 0.333. The molecular weight excluding hydrogens is 260 g/mol. The highest BCUT2D eigenvalue weighted by atomic mass is 35.5. The maximum Gasteiger partial charge on any atom is 0.270 e. The normalized spacial score (nSPS) is 15.8. The quantitative estimate of drug-likeness (QED) is 0.910. The third kappa shape index (κ3) is 2.71. The number of carbonyl (C=O) groups is 1. The SMILES string of the molecule is O=C(NC1CCCC1)c1ccc2ccc(Cl)cc2n1. The van der Waals surface area contributed by atoms with E-state index in [1.54, 1.807) is 12.1 Å². The number of rotatable bonds is 2.